The van der Waals surface area contributed by atoms with Crippen LogP contribution in [0.4, 0.5) is 11.4 Å². The fourth-order valence-electron chi connectivity index (χ4n) is 3.25. The van der Waals surface area contributed by atoms with Crippen LogP contribution in [0.15, 0.2) is 47.2 Å². The van der Waals surface area contributed by atoms with Crippen LogP contribution in [0.25, 0.3) is 9.88 Å². The summed E-state index contributed by atoms with van der Waals surface area (Å²) in [6.07, 6.45) is 0.285. The summed E-state index contributed by atoms with van der Waals surface area (Å²) in [7, 11) is 0. The first-order valence-electron chi connectivity index (χ1n) is 8.86. The van der Waals surface area contributed by atoms with E-state index < -0.39 is 0 Å². The average Bonchev–Trinajstić information content (AvgIpc) is 3.40. The van der Waals surface area contributed by atoms with Gasteiger partial charge in [-0.1, -0.05) is 18.2 Å². The Bertz CT molecular complexity index is 979. The van der Waals surface area contributed by atoms with Crippen LogP contribution < -0.4 is 4.90 Å². The summed E-state index contributed by atoms with van der Waals surface area (Å²) in [5.74, 6) is 0.0465. The largest absolute Gasteiger partial charge is 0.362 e. The zero-order valence-corrected chi connectivity index (χ0v) is 16.6. The summed E-state index contributed by atoms with van der Waals surface area (Å²) in [4.78, 5) is 33.0. The summed E-state index contributed by atoms with van der Waals surface area (Å²) in [6.45, 7) is 2.25. The maximum absolute atomic E-state index is 12.6. The number of piperazine rings is 1. The number of nitro benzene ring substituents is 1. The molecule has 1 aliphatic heterocycles. The molecule has 28 heavy (non-hydrogen) atoms. The molecule has 3 aromatic rings. The number of rotatable bonds is 5. The third-order valence-corrected chi connectivity index (χ3v) is 6.60. The second kappa shape index (κ2) is 8.07. The minimum Gasteiger partial charge on any atom is -0.362 e. The molecule has 0 saturated carbocycles. The molecule has 7 nitrogen and oxygen atoms in total. The predicted molar refractivity (Wildman–Crippen MR) is 111 cm³/mol. The minimum absolute atomic E-state index is 0.0465. The van der Waals surface area contributed by atoms with Crippen molar-refractivity contribution in [2.75, 3.05) is 31.1 Å². The monoisotopic (exact) mass is 414 g/mol. The van der Waals surface area contributed by atoms with Gasteiger partial charge in [-0.25, -0.2) is 4.98 Å². The molecule has 9 heteroatoms. The molecule has 1 saturated heterocycles. The van der Waals surface area contributed by atoms with Crippen molar-refractivity contribution in [2.45, 2.75) is 6.42 Å². The van der Waals surface area contributed by atoms with Gasteiger partial charge in [0, 0.05) is 37.6 Å². The predicted octanol–water partition coefficient (Wildman–Crippen LogP) is 3.67. The van der Waals surface area contributed by atoms with E-state index in [0.717, 1.165) is 15.6 Å². The summed E-state index contributed by atoms with van der Waals surface area (Å²) < 4.78 is 0. The lowest BCUT2D eigenvalue weighted by Gasteiger charge is -2.35. The van der Waals surface area contributed by atoms with Crippen LogP contribution in [0.2, 0.25) is 0 Å². The number of hydrogen-bond donors (Lipinski definition) is 0. The molecule has 4 rings (SSSR count). The fourth-order valence-corrected chi connectivity index (χ4v) is 4.88. The maximum Gasteiger partial charge on any atom is 0.292 e. The van der Waals surface area contributed by atoms with Crippen LogP contribution in [0.5, 0.6) is 0 Å². The number of anilines is 1. The number of carbonyl (C=O) groups is 1. The van der Waals surface area contributed by atoms with Crippen LogP contribution in [0.3, 0.4) is 0 Å². The van der Waals surface area contributed by atoms with Gasteiger partial charge >= 0.3 is 0 Å². The first-order valence-corrected chi connectivity index (χ1v) is 10.6. The third-order valence-electron chi connectivity index (χ3n) is 4.67. The second-order valence-electron chi connectivity index (χ2n) is 6.41. The Morgan fingerprint density at radius 1 is 1.11 bits per heavy atom. The van der Waals surface area contributed by atoms with Crippen molar-refractivity contribution in [3.8, 4) is 9.88 Å². The van der Waals surface area contributed by atoms with Crippen molar-refractivity contribution in [1.82, 2.24) is 9.88 Å². The summed E-state index contributed by atoms with van der Waals surface area (Å²) in [5, 5.41) is 16.1. The summed E-state index contributed by atoms with van der Waals surface area (Å²) in [5.41, 5.74) is 1.50. The van der Waals surface area contributed by atoms with Crippen molar-refractivity contribution in [3.63, 3.8) is 0 Å². The highest BCUT2D eigenvalue weighted by atomic mass is 32.1. The lowest BCUT2D eigenvalue weighted by molar-refractivity contribution is -0.384. The molecule has 0 atom stereocenters. The number of carbonyl (C=O) groups excluding carboxylic acids is 1. The molecular formula is C19H18N4O3S2. The highest BCUT2D eigenvalue weighted by molar-refractivity contribution is 7.20. The van der Waals surface area contributed by atoms with Crippen LogP contribution >= 0.6 is 22.7 Å². The molecule has 0 aliphatic carbocycles. The second-order valence-corrected chi connectivity index (χ2v) is 8.22. The minimum atomic E-state index is -0.361. The SMILES string of the molecule is O=C(Cc1csc(-c2cccs2)n1)N1CCN(c2ccccc2[N+](=O)[O-])CC1. The number of amides is 1. The Labute approximate surface area is 170 Å². The first-order chi connectivity index (χ1) is 13.6. The number of benzene rings is 1. The van der Waals surface area contributed by atoms with Crippen LogP contribution in [0.1, 0.15) is 5.69 Å². The molecule has 1 aromatic carbocycles. The Morgan fingerprint density at radius 2 is 1.89 bits per heavy atom. The number of para-hydroxylation sites is 2. The van der Waals surface area contributed by atoms with Crippen molar-refractivity contribution in [2.24, 2.45) is 0 Å². The molecular weight excluding hydrogens is 396 g/mol. The van der Waals surface area contributed by atoms with Crippen LogP contribution in [0, 0.1) is 10.1 Å². The van der Waals surface area contributed by atoms with E-state index in [4.69, 9.17) is 0 Å². The van der Waals surface area contributed by atoms with Gasteiger partial charge in [0.05, 0.1) is 21.9 Å². The lowest BCUT2D eigenvalue weighted by Crippen LogP contribution is -2.49. The molecule has 0 N–H and O–H groups in total. The molecule has 1 amide bonds. The van der Waals surface area contributed by atoms with Gasteiger partial charge < -0.3 is 9.80 Å². The molecule has 3 heterocycles. The summed E-state index contributed by atoms with van der Waals surface area (Å²) >= 11 is 3.19. The van der Waals surface area contributed by atoms with Gasteiger partial charge in [0.1, 0.15) is 10.7 Å². The molecule has 2 aromatic heterocycles. The molecule has 0 bridgehead atoms. The van der Waals surface area contributed by atoms with E-state index in [1.165, 1.54) is 6.07 Å². The molecule has 144 valence electrons. The van der Waals surface area contributed by atoms with E-state index in [-0.39, 0.29) is 22.9 Å². The van der Waals surface area contributed by atoms with E-state index in [1.54, 1.807) is 40.9 Å². The van der Waals surface area contributed by atoms with E-state index in [9.17, 15) is 14.9 Å². The Balaban J connectivity index is 1.36. The first kappa shape index (κ1) is 18.6. The number of thiophene rings is 1. The lowest BCUT2D eigenvalue weighted by atomic mass is 10.2. The van der Waals surface area contributed by atoms with Crippen molar-refractivity contribution < 1.29 is 9.72 Å². The Morgan fingerprint density at radius 3 is 2.61 bits per heavy atom. The van der Waals surface area contributed by atoms with Crippen LogP contribution in [-0.4, -0.2) is 46.9 Å². The highest BCUT2D eigenvalue weighted by Crippen LogP contribution is 2.29. The molecule has 1 aliphatic rings. The van der Waals surface area contributed by atoms with Gasteiger partial charge in [0.2, 0.25) is 5.91 Å². The fraction of sp³-hybridized carbons (Fsp3) is 0.263. The van der Waals surface area contributed by atoms with E-state index in [1.807, 2.05) is 32.7 Å². The van der Waals surface area contributed by atoms with E-state index in [0.29, 0.717) is 31.9 Å². The van der Waals surface area contributed by atoms with Gasteiger partial charge in [-0.3, -0.25) is 14.9 Å². The van der Waals surface area contributed by atoms with Gasteiger partial charge in [-0.15, -0.1) is 22.7 Å². The number of thiazole rings is 1. The maximum atomic E-state index is 12.6. The number of nitro groups is 1. The number of nitrogens with zero attached hydrogens (tertiary/aromatic N) is 4. The molecule has 0 spiro atoms. The smallest absolute Gasteiger partial charge is 0.292 e. The molecule has 0 unspecified atom stereocenters. The van der Waals surface area contributed by atoms with Crippen molar-refractivity contribution in [1.29, 1.82) is 0 Å². The standard InChI is InChI=1S/C19H18N4O3S2/c24-18(12-14-13-28-19(20-14)17-6-3-11-27-17)22-9-7-21(8-10-22)15-4-1-2-5-16(15)23(25)26/h1-6,11,13H,7-10,12H2. The van der Waals surface area contributed by atoms with Crippen molar-refractivity contribution >= 4 is 40.0 Å². The highest BCUT2D eigenvalue weighted by Gasteiger charge is 2.25. The van der Waals surface area contributed by atoms with E-state index >= 15 is 0 Å². The van der Waals surface area contributed by atoms with Gasteiger partial charge in [-0.2, -0.15) is 0 Å². The Kier molecular flexibility index (Phi) is 5.36. The molecule has 0 radical (unpaired) electrons. The van der Waals surface area contributed by atoms with E-state index in [2.05, 4.69) is 4.98 Å². The zero-order valence-electron chi connectivity index (χ0n) is 15.0. The molecule has 1 fully saturated rings. The normalized spacial score (nSPS) is 14.3. The van der Waals surface area contributed by atoms with Gasteiger partial charge in [0.15, 0.2) is 0 Å². The summed E-state index contributed by atoms with van der Waals surface area (Å²) in [6, 6.07) is 10.8. The van der Waals surface area contributed by atoms with Crippen molar-refractivity contribution in [3.05, 3.63) is 63.0 Å². The zero-order chi connectivity index (χ0) is 19.5. The topological polar surface area (TPSA) is 79.6 Å². The quantitative estimate of drug-likeness (QED) is 0.470. The van der Waals surface area contributed by atoms with Gasteiger partial charge in [0.25, 0.3) is 5.69 Å². The van der Waals surface area contributed by atoms with Crippen LogP contribution in [-0.2, 0) is 11.2 Å². The number of aromatic nitrogens is 1. The Hall–Kier alpha value is -2.78. The third kappa shape index (κ3) is 3.90. The van der Waals surface area contributed by atoms with Gasteiger partial charge in [-0.05, 0) is 17.5 Å². The average molecular weight is 415 g/mol. The number of hydrogen-bond acceptors (Lipinski definition) is 7.